The Labute approximate surface area is 166 Å². The van der Waals surface area contributed by atoms with Crippen molar-refractivity contribution in [2.45, 2.75) is 32.7 Å². The molecule has 0 radical (unpaired) electrons. The number of rotatable bonds is 5. The van der Waals surface area contributed by atoms with Crippen LogP contribution in [0.5, 0.6) is 0 Å². The van der Waals surface area contributed by atoms with Gasteiger partial charge >= 0.3 is 0 Å². The molecule has 4 rings (SSSR count). The first kappa shape index (κ1) is 18.7. The number of pyridine rings is 1. The van der Waals surface area contributed by atoms with E-state index in [0.717, 1.165) is 54.5 Å². The van der Waals surface area contributed by atoms with Gasteiger partial charge in [-0.05, 0) is 55.9 Å². The van der Waals surface area contributed by atoms with Gasteiger partial charge in [0.15, 0.2) is 0 Å². The van der Waals surface area contributed by atoms with Crippen molar-refractivity contribution in [1.82, 2.24) is 10.1 Å². The highest BCUT2D eigenvalue weighted by molar-refractivity contribution is 5.70. The van der Waals surface area contributed by atoms with E-state index < -0.39 is 0 Å². The van der Waals surface area contributed by atoms with Crippen LogP contribution in [0.4, 0.5) is 5.82 Å². The van der Waals surface area contributed by atoms with Crippen molar-refractivity contribution in [3.63, 3.8) is 0 Å². The minimum atomic E-state index is 0.262. The number of benzene rings is 1. The molecular weight excluding hydrogens is 350 g/mol. The van der Waals surface area contributed by atoms with E-state index >= 15 is 0 Å². The monoisotopic (exact) mass is 377 g/mol. The molecule has 0 unspecified atom stereocenters. The van der Waals surface area contributed by atoms with E-state index in [9.17, 15) is 0 Å². The van der Waals surface area contributed by atoms with Gasteiger partial charge in [0.05, 0.1) is 11.7 Å². The second-order valence-corrected chi connectivity index (χ2v) is 7.52. The summed E-state index contributed by atoms with van der Waals surface area (Å²) in [6, 6.07) is 15.2. The van der Waals surface area contributed by atoms with Gasteiger partial charge < -0.3 is 14.2 Å². The van der Waals surface area contributed by atoms with Crippen LogP contribution in [0.15, 0.2) is 53.2 Å². The fourth-order valence-electron chi connectivity index (χ4n) is 4.30. The van der Waals surface area contributed by atoms with Crippen molar-refractivity contribution < 1.29 is 9.26 Å². The lowest BCUT2D eigenvalue weighted by atomic mass is 9.86. The Bertz CT molecular complexity index is 897. The SMILES string of the molecule is Cc1noc(C)c1-c1ccnc(N(C)[C@H](c2ccccc2)C2CCOCC2)c1. The van der Waals surface area contributed by atoms with Gasteiger partial charge in [-0.15, -0.1) is 0 Å². The summed E-state index contributed by atoms with van der Waals surface area (Å²) in [5, 5.41) is 4.10. The molecule has 1 fully saturated rings. The van der Waals surface area contributed by atoms with Crippen LogP contribution in [0.25, 0.3) is 11.1 Å². The van der Waals surface area contributed by atoms with Gasteiger partial charge in [0.1, 0.15) is 11.6 Å². The number of aromatic nitrogens is 2. The maximum atomic E-state index is 5.61. The minimum absolute atomic E-state index is 0.262. The van der Waals surface area contributed by atoms with Crippen LogP contribution in [0.1, 0.15) is 35.9 Å². The maximum Gasteiger partial charge on any atom is 0.141 e. The van der Waals surface area contributed by atoms with E-state index in [-0.39, 0.29) is 6.04 Å². The molecule has 28 heavy (non-hydrogen) atoms. The minimum Gasteiger partial charge on any atom is -0.381 e. The number of aryl methyl sites for hydroxylation is 2. The van der Waals surface area contributed by atoms with Crippen LogP contribution < -0.4 is 4.90 Å². The van der Waals surface area contributed by atoms with Crippen molar-refractivity contribution >= 4 is 5.82 Å². The Morgan fingerprint density at radius 2 is 1.82 bits per heavy atom. The zero-order valence-corrected chi connectivity index (χ0v) is 16.8. The third-order valence-corrected chi connectivity index (χ3v) is 5.70. The van der Waals surface area contributed by atoms with Gasteiger partial charge in [-0.3, -0.25) is 0 Å². The zero-order valence-electron chi connectivity index (χ0n) is 16.8. The van der Waals surface area contributed by atoms with Gasteiger partial charge in [-0.25, -0.2) is 4.98 Å². The van der Waals surface area contributed by atoms with E-state index in [1.54, 1.807) is 0 Å². The van der Waals surface area contributed by atoms with Crippen LogP contribution >= 0.6 is 0 Å². The van der Waals surface area contributed by atoms with E-state index in [1.165, 1.54) is 5.56 Å². The van der Waals surface area contributed by atoms with E-state index in [0.29, 0.717) is 5.92 Å². The Hall–Kier alpha value is -2.66. The lowest BCUT2D eigenvalue weighted by Gasteiger charge is -2.37. The fourth-order valence-corrected chi connectivity index (χ4v) is 4.30. The molecule has 1 aliphatic rings. The third kappa shape index (κ3) is 3.67. The van der Waals surface area contributed by atoms with Crippen LogP contribution in [0.3, 0.4) is 0 Å². The molecule has 3 aromatic rings. The summed E-state index contributed by atoms with van der Waals surface area (Å²) in [6.45, 7) is 5.58. The number of nitrogens with zero attached hydrogens (tertiary/aromatic N) is 3. The number of anilines is 1. The first-order chi connectivity index (χ1) is 13.6. The first-order valence-corrected chi connectivity index (χ1v) is 9.90. The standard InChI is InChI=1S/C23H27N3O2/c1-16-22(17(2)28-25-16)20-9-12-24-21(15-20)26(3)23(18-7-5-4-6-8-18)19-10-13-27-14-11-19/h4-9,12,15,19,23H,10-11,13-14H2,1-3H3/t23-/m1/s1. The average molecular weight is 377 g/mol. The second kappa shape index (κ2) is 8.15. The Morgan fingerprint density at radius 1 is 1.07 bits per heavy atom. The molecule has 3 heterocycles. The van der Waals surface area contributed by atoms with E-state index in [1.807, 2.05) is 26.1 Å². The normalized spacial score (nSPS) is 16.1. The summed E-state index contributed by atoms with van der Waals surface area (Å²) < 4.78 is 11.0. The van der Waals surface area contributed by atoms with Gasteiger partial charge in [0, 0.05) is 32.0 Å². The summed E-state index contributed by atoms with van der Waals surface area (Å²) in [7, 11) is 2.15. The molecule has 1 aromatic carbocycles. The Morgan fingerprint density at radius 3 is 2.50 bits per heavy atom. The van der Waals surface area contributed by atoms with Crippen molar-refractivity contribution in [2.24, 2.45) is 5.92 Å². The van der Waals surface area contributed by atoms with E-state index in [4.69, 9.17) is 14.2 Å². The van der Waals surface area contributed by atoms with Gasteiger partial charge in [-0.2, -0.15) is 0 Å². The molecule has 5 heteroatoms. The molecular formula is C23H27N3O2. The largest absolute Gasteiger partial charge is 0.381 e. The number of hydrogen-bond donors (Lipinski definition) is 0. The quantitative estimate of drug-likeness (QED) is 0.629. The molecule has 0 amide bonds. The molecule has 2 aromatic heterocycles. The number of hydrogen-bond acceptors (Lipinski definition) is 5. The summed E-state index contributed by atoms with van der Waals surface area (Å²) in [5.74, 6) is 2.32. The van der Waals surface area contributed by atoms with Gasteiger partial charge in [0.2, 0.25) is 0 Å². The predicted molar refractivity (Wildman–Crippen MR) is 110 cm³/mol. The van der Waals surface area contributed by atoms with Gasteiger partial charge in [0.25, 0.3) is 0 Å². The van der Waals surface area contributed by atoms with Crippen molar-refractivity contribution in [3.05, 3.63) is 65.7 Å². The maximum absolute atomic E-state index is 5.61. The first-order valence-electron chi connectivity index (χ1n) is 9.90. The van der Waals surface area contributed by atoms with Gasteiger partial charge in [-0.1, -0.05) is 35.5 Å². The molecule has 1 aliphatic heterocycles. The third-order valence-electron chi connectivity index (χ3n) is 5.70. The number of ether oxygens (including phenoxy) is 1. The highest BCUT2D eigenvalue weighted by Gasteiger charge is 2.29. The Balaban J connectivity index is 1.71. The van der Waals surface area contributed by atoms with Crippen molar-refractivity contribution in [3.8, 4) is 11.1 Å². The molecule has 0 aliphatic carbocycles. The molecule has 0 spiro atoms. The van der Waals surface area contributed by atoms with Crippen molar-refractivity contribution in [2.75, 3.05) is 25.2 Å². The average Bonchev–Trinajstić information content (AvgIpc) is 3.08. The lowest BCUT2D eigenvalue weighted by Crippen LogP contribution is -2.34. The Kier molecular flexibility index (Phi) is 5.44. The molecule has 5 nitrogen and oxygen atoms in total. The topological polar surface area (TPSA) is 51.4 Å². The molecule has 1 atom stereocenters. The molecule has 0 bridgehead atoms. The lowest BCUT2D eigenvalue weighted by molar-refractivity contribution is 0.0577. The fraction of sp³-hybridized carbons (Fsp3) is 0.391. The summed E-state index contributed by atoms with van der Waals surface area (Å²) >= 11 is 0. The van der Waals surface area contributed by atoms with E-state index in [2.05, 4.69) is 53.5 Å². The summed E-state index contributed by atoms with van der Waals surface area (Å²) in [6.07, 6.45) is 4.00. The van der Waals surface area contributed by atoms with Crippen LogP contribution in [0.2, 0.25) is 0 Å². The molecule has 1 saturated heterocycles. The molecule has 0 N–H and O–H groups in total. The molecule has 0 saturated carbocycles. The predicted octanol–water partition coefficient (Wildman–Crippen LogP) is 4.96. The highest BCUT2D eigenvalue weighted by atomic mass is 16.5. The van der Waals surface area contributed by atoms with Crippen LogP contribution in [0, 0.1) is 19.8 Å². The smallest absolute Gasteiger partial charge is 0.141 e. The second-order valence-electron chi connectivity index (χ2n) is 7.52. The van der Waals surface area contributed by atoms with Crippen LogP contribution in [-0.2, 0) is 4.74 Å². The molecule has 146 valence electrons. The highest BCUT2D eigenvalue weighted by Crippen LogP contribution is 2.37. The van der Waals surface area contributed by atoms with Crippen molar-refractivity contribution in [1.29, 1.82) is 0 Å². The summed E-state index contributed by atoms with van der Waals surface area (Å²) in [4.78, 5) is 7.01. The summed E-state index contributed by atoms with van der Waals surface area (Å²) in [5.41, 5.74) is 4.37. The zero-order chi connectivity index (χ0) is 19.5. The van der Waals surface area contributed by atoms with Crippen LogP contribution in [-0.4, -0.2) is 30.4 Å².